The molecule has 1 aromatic heterocycles. The summed E-state index contributed by atoms with van der Waals surface area (Å²) in [6.45, 7) is 7.15. The molecule has 0 saturated heterocycles. The van der Waals surface area contributed by atoms with E-state index in [0.29, 0.717) is 5.15 Å². The van der Waals surface area contributed by atoms with Gasteiger partial charge in [-0.1, -0.05) is 30.7 Å². The van der Waals surface area contributed by atoms with Crippen molar-refractivity contribution < 1.29 is 0 Å². The van der Waals surface area contributed by atoms with Crippen molar-refractivity contribution >= 4 is 23.1 Å². The van der Waals surface area contributed by atoms with Crippen LogP contribution in [0, 0.1) is 6.92 Å². The second kappa shape index (κ2) is 6.71. The zero-order valence-corrected chi connectivity index (χ0v) is 13.0. The van der Waals surface area contributed by atoms with Gasteiger partial charge in [0.15, 0.2) is 0 Å². The van der Waals surface area contributed by atoms with E-state index >= 15 is 0 Å². The fraction of sp³-hybridized carbons (Fsp3) is 0.375. The van der Waals surface area contributed by atoms with Gasteiger partial charge in [-0.05, 0) is 38.0 Å². The lowest BCUT2D eigenvalue weighted by Gasteiger charge is -2.23. The Balaban J connectivity index is 2.41. The molecule has 0 saturated carbocycles. The highest BCUT2D eigenvalue weighted by Gasteiger charge is 2.11. The number of nitrogens with zero attached hydrogens (tertiary/aromatic N) is 3. The Morgan fingerprint density at radius 1 is 1.15 bits per heavy atom. The fourth-order valence-electron chi connectivity index (χ4n) is 2.20. The number of anilines is 2. The minimum atomic E-state index is 0.504. The van der Waals surface area contributed by atoms with Crippen LogP contribution < -0.4 is 4.90 Å². The van der Waals surface area contributed by atoms with E-state index in [2.05, 4.69) is 59.9 Å². The van der Waals surface area contributed by atoms with E-state index in [-0.39, 0.29) is 0 Å². The number of aromatic nitrogens is 2. The van der Waals surface area contributed by atoms with Crippen LogP contribution in [0.15, 0.2) is 30.3 Å². The summed E-state index contributed by atoms with van der Waals surface area (Å²) in [5.74, 6) is 1.67. The topological polar surface area (TPSA) is 29.0 Å². The molecule has 0 amide bonds. The molecule has 0 aliphatic rings. The van der Waals surface area contributed by atoms with Gasteiger partial charge in [-0.25, -0.2) is 9.97 Å². The molecule has 0 bridgehead atoms. The maximum atomic E-state index is 6.13. The SMILES string of the molecule is CCCc1nc(Cl)cc(N(CC)c2cccc(C)c2)n1. The fourth-order valence-corrected chi connectivity index (χ4v) is 2.39. The van der Waals surface area contributed by atoms with Crippen LogP contribution in [0.1, 0.15) is 31.7 Å². The standard InChI is InChI=1S/C16H20ClN3/c1-4-7-15-18-14(17)11-16(19-15)20(5-2)13-9-6-8-12(3)10-13/h6,8-11H,4-5,7H2,1-3H3. The smallest absolute Gasteiger partial charge is 0.138 e. The highest BCUT2D eigenvalue weighted by molar-refractivity contribution is 6.29. The summed E-state index contributed by atoms with van der Waals surface area (Å²) in [4.78, 5) is 11.1. The highest BCUT2D eigenvalue weighted by Crippen LogP contribution is 2.26. The van der Waals surface area contributed by atoms with Gasteiger partial charge in [-0.2, -0.15) is 0 Å². The molecule has 0 N–H and O–H groups in total. The highest BCUT2D eigenvalue weighted by atomic mass is 35.5. The van der Waals surface area contributed by atoms with Crippen molar-refractivity contribution in [3.63, 3.8) is 0 Å². The maximum Gasteiger partial charge on any atom is 0.138 e. The zero-order valence-electron chi connectivity index (χ0n) is 12.2. The first-order valence-corrected chi connectivity index (χ1v) is 7.39. The van der Waals surface area contributed by atoms with Crippen LogP contribution in [-0.4, -0.2) is 16.5 Å². The molecule has 106 valence electrons. The summed E-state index contributed by atoms with van der Waals surface area (Å²) in [6, 6.07) is 10.2. The van der Waals surface area contributed by atoms with Crippen molar-refractivity contribution in [3.05, 3.63) is 46.9 Å². The predicted octanol–water partition coefficient (Wildman–Crippen LogP) is 4.55. The Hall–Kier alpha value is -1.61. The van der Waals surface area contributed by atoms with Crippen LogP contribution >= 0.6 is 11.6 Å². The van der Waals surface area contributed by atoms with Gasteiger partial charge in [-0.15, -0.1) is 0 Å². The van der Waals surface area contributed by atoms with E-state index in [9.17, 15) is 0 Å². The lowest BCUT2D eigenvalue weighted by molar-refractivity contribution is 0.825. The molecule has 0 atom stereocenters. The Bertz CT molecular complexity index is 584. The summed E-state index contributed by atoms with van der Waals surface area (Å²) < 4.78 is 0. The van der Waals surface area contributed by atoms with E-state index in [4.69, 9.17) is 11.6 Å². The predicted molar refractivity (Wildman–Crippen MR) is 84.9 cm³/mol. The van der Waals surface area contributed by atoms with Crippen LogP contribution in [0.25, 0.3) is 0 Å². The lowest BCUT2D eigenvalue weighted by Crippen LogP contribution is -2.18. The monoisotopic (exact) mass is 289 g/mol. The van der Waals surface area contributed by atoms with Crippen molar-refractivity contribution in [2.45, 2.75) is 33.6 Å². The molecule has 4 heteroatoms. The first kappa shape index (κ1) is 14.8. The molecule has 1 heterocycles. The van der Waals surface area contributed by atoms with Crippen molar-refractivity contribution in [1.29, 1.82) is 0 Å². The van der Waals surface area contributed by atoms with Crippen LogP contribution in [0.3, 0.4) is 0 Å². The van der Waals surface area contributed by atoms with Gasteiger partial charge in [-0.3, -0.25) is 0 Å². The molecule has 3 nitrogen and oxygen atoms in total. The van der Waals surface area contributed by atoms with Crippen LogP contribution in [-0.2, 0) is 6.42 Å². The third-order valence-electron chi connectivity index (χ3n) is 3.11. The molecule has 0 aliphatic carbocycles. The number of benzene rings is 1. The minimum Gasteiger partial charge on any atom is -0.327 e. The molecule has 0 aliphatic heterocycles. The molecule has 0 fully saturated rings. The van der Waals surface area contributed by atoms with Crippen molar-refractivity contribution in [2.75, 3.05) is 11.4 Å². The van der Waals surface area contributed by atoms with E-state index < -0.39 is 0 Å². The van der Waals surface area contributed by atoms with Gasteiger partial charge in [0.25, 0.3) is 0 Å². The average molecular weight is 290 g/mol. The molecular weight excluding hydrogens is 270 g/mol. The van der Waals surface area contributed by atoms with Gasteiger partial charge in [0, 0.05) is 24.7 Å². The number of hydrogen-bond acceptors (Lipinski definition) is 3. The summed E-state index contributed by atoms with van der Waals surface area (Å²) in [7, 11) is 0. The van der Waals surface area contributed by atoms with E-state index in [1.165, 1.54) is 5.56 Å². The average Bonchev–Trinajstić information content (AvgIpc) is 2.39. The largest absolute Gasteiger partial charge is 0.327 e. The minimum absolute atomic E-state index is 0.504. The molecule has 20 heavy (non-hydrogen) atoms. The lowest BCUT2D eigenvalue weighted by atomic mass is 10.2. The van der Waals surface area contributed by atoms with Gasteiger partial charge in [0.1, 0.15) is 16.8 Å². The first-order valence-electron chi connectivity index (χ1n) is 7.01. The summed E-state index contributed by atoms with van der Waals surface area (Å²) >= 11 is 6.13. The molecule has 2 aromatic rings. The summed E-state index contributed by atoms with van der Waals surface area (Å²) in [5, 5.41) is 0.504. The Morgan fingerprint density at radius 2 is 1.95 bits per heavy atom. The molecule has 1 aromatic carbocycles. The quantitative estimate of drug-likeness (QED) is 0.756. The second-order valence-electron chi connectivity index (χ2n) is 4.80. The summed E-state index contributed by atoms with van der Waals surface area (Å²) in [5.41, 5.74) is 2.36. The van der Waals surface area contributed by atoms with Crippen LogP contribution in [0.2, 0.25) is 5.15 Å². The van der Waals surface area contributed by atoms with Gasteiger partial charge in [0.05, 0.1) is 0 Å². The Morgan fingerprint density at radius 3 is 2.60 bits per heavy atom. The maximum absolute atomic E-state index is 6.13. The van der Waals surface area contributed by atoms with E-state index in [1.807, 2.05) is 6.07 Å². The first-order chi connectivity index (χ1) is 9.63. The third kappa shape index (κ3) is 3.48. The second-order valence-corrected chi connectivity index (χ2v) is 5.19. The van der Waals surface area contributed by atoms with Crippen LogP contribution in [0.4, 0.5) is 11.5 Å². The van der Waals surface area contributed by atoms with Crippen molar-refractivity contribution in [1.82, 2.24) is 9.97 Å². The number of aryl methyl sites for hydroxylation is 2. The molecule has 0 unspecified atom stereocenters. The van der Waals surface area contributed by atoms with Gasteiger partial charge >= 0.3 is 0 Å². The third-order valence-corrected chi connectivity index (χ3v) is 3.30. The van der Waals surface area contributed by atoms with Gasteiger partial charge in [0.2, 0.25) is 0 Å². The Labute approximate surface area is 125 Å². The molecule has 0 radical (unpaired) electrons. The number of hydrogen-bond donors (Lipinski definition) is 0. The molecule has 2 rings (SSSR count). The number of halogens is 1. The van der Waals surface area contributed by atoms with E-state index in [1.54, 1.807) is 0 Å². The van der Waals surface area contributed by atoms with Crippen molar-refractivity contribution in [2.24, 2.45) is 0 Å². The van der Waals surface area contributed by atoms with Crippen LogP contribution in [0.5, 0.6) is 0 Å². The normalized spacial score (nSPS) is 10.6. The Kier molecular flexibility index (Phi) is 4.96. The molecular formula is C16H20ClN3. The zero-order chi connectivity index (χ0) is 14.5. The molecule has 0 spiro atoms. The van der Waals surface area contributed by atoms with Crippen molar-refractivity contribution in [3.8, 4) is 0 Å². The van der Waals surface area contributed by atoms with E-state index in [0.717, 1.165) is 36.7 Å². The van der Waals surface area contributed by atoms with Gasteiger partial charge < -0.3 is 4.90 Å². The summed E-state index contributed by atoms with van der Waals surface area (Å²) in [6.07, 6.45) is 1.86. The number of rotatable bonds is 5.